The van der Waals surface area contributed by atoms with Crippen LogP contribution in [0, 0.1) is 0 Å². The van der Waals surface area contributed by atoms with Crippen LogP contribution >= 0.6 is 0 Å². The Morgan fingerprint density at radius 3 is 2.18 bits per heavy atom. The van der Waals surface area contributed by atoms with Gasteiger partial charge >= 0.3 is 0 Å². The molecule has 0 saturated carbocycles. The molecule has 2 nitrogen and oxygen atoms in total. The van der Waals surface area contributed by atoms with Gasteiger partial charge in [0.05, 0.1) is 0 Å². The van der Waals surface area contributed by atoms with E-state index >= 15 is 0 Å². The minimum atomic E-state index is 0.305. The Bertz CT molecular complexity index is 395. The summed E-state index contributed by atoms with van der Waals surface area (Å²) in [4.78, 5) is 4.15. The molecule has 0 fully saturated rings. The third-order valence-electron chi connectivity index (χ3n) is 2.98. The lowest BCUT2D eigenvalue weighted by atomic mass is 10.1. The first kappa shape index (κ1) is 11.8. The fourth-order valence-electron chi connectivity index (χ4n) is 1.94. The zero-order valence-corrected chi connectivity index (χ0v) is 10.3. The standard InChI is InChI=1S/C15H18N2/c1-12(14-7-4-3-5-8-14)17-13(2)15-9-6-10-16-11-15/h3-13,17H,1-2H3/t12?,13-/m0/s1. The van der Waals surface area contributed by atoms with E-state index in [1.807, 2.05) is 18.3 Å². The third kappa shape index (κ3) is 3.14. The summed E-state index contributed by atoms with van der Waals surface area (Å²) in [5, 5.41) is 3.57. The molecule has 1 aromatic carbocycles. The average Bonchev–Trinajstić information content (AvgIpc) is 2.40. The molecule has 0 radical (unpaired) electrons. The molecule has 0 aliphatic carbocycles. The molecular formula is C15H18N2. The molecule has 0 amide bonds. The minimum absolute atomic E-state index is 0.305. The summed E-state index contributed by atoms with van der Waals surface area (Å²) in [6, 6.07) is 15.2. The van der Waals surface area contributed by atoms with Crippen LogP contribution in [0.1, 0.15) is 37.1 Å². The molecule has 1 unspecified atom stereocenters. The number of nitrogens with one attached hydrogen (secondary N) is 1. The molecular weight excluding hydrogens is 208 g/mol. The highest BCUT2D eigenvalue weighted by Gasteiger charge is 2.10. The van der Waals surface area contributed by atoms with E-state index in [4.69, 9.17) is 0 Å². The number of pyridine rings is 1. The van der Waals surface area contributed by atoms with Crippen molar-refractivity contribution >= 4 is 0 Å². The van der Waals surface area contributed by atoms with E-state index in [2.05, 4.69) is 54.5 Å². The Kier molecular flexibility index (Phi) is 3.89. The second-order valence-corrected chi connectivity index (χ2v) is 4.31. The first-order valence-corrected chi connectivity index (χ1v) is 5.98. The SMILES string of the molecule is CC(N[C@@H](C)c1cccnc1)c1ccccc1. The van der Waals surface area contributed by atoms with Crippen LogP contribution in [0.4, 0.5) is 0 Å². The van der Waals surface area contributed by atoms with Crippen molar-refractivity contribution in [1.29, 1.82) is 0 Å². The highest BCUT2D eigenvalue weighted by Crippen LogP contribution is 2.18. The third-order valence-corrected chi connectivity index (χ3v) is 2.98. The highest BCUT2D eigenvalue weighted by molar-refractivity contribution is 5.19. The van der Waals surface area contributed by atoms with Crippen LogP contribution in [0.15, 0.2) is 54.9 Å². The lowest BCUT2D eigenvalue weighted by molar-refractivity contribution is 0.494. The van der Waals surface area contributed by atoms with E-state index < -0.39 is 0 Å². The van der Waals surface area contributed by atoms with Crippen molar-refractivity contribution in [2.75, 3.05) is 0 Å². The maximum absolute atomic E-state index is 4.15. The zero-order chi connectivity index (χ0) is 12.1. The molecule has 0 aliphatic heterocycles. The largest absolute Gasteiger partial charge is 0.304 e. The predicted molar refractivity (Wildman–Crippen MR) is 70.6 cm³/mol. The van der Waals surface area contributed by atoms with Gasteiger partial charge < -0.3 is 5.32 Å². The van der Waals surface area contributed by atoms with E-state index in [1.165, 1.54) is 11.1 Å². The molecule has 1 aromatic heterocycles. The molecule has 2 aromatic rings. The molecule has 0 aliphatic rings. The van der Waals surface area contributed by atoms with E-state index in [-0.39, 0.29) is 0 Å². The van der Waals surface area contributed by atoms with Gasteiger partial charge in [-0.2, -0.15) is 0 Å². The normalized spacial score (nSPS) is 14.2. The van der Waals surface area contributed by atoms with Gasteiger partial charge in [0.2, 0.25) is 0 Å². The lowest BCUT2D eigenvalue weighted by Gasteiger charge is -2.20. The van der Waals surface area contributed by atoms with E-state index in [1.54, 1.807) is 6.20 Å². The van der Waals surface area contributed by atoms with E-state index in [9.17, 15) is 0 Å². The average molecular weight is 226 g/mol. The molecule has 17 heavy (non-hydrogen) atoms. The number of hydrogen-bond donors (Lipinski definition) is 1. The van der Waals surface area contributed by atoms with Gasteiger partial charge in [0.25, 0.3) is 0 Å². The Hall–Kier alpha value is -1.67. The molecule has 88 valence electrons. The smallest absolute Gasteiger partial charge is 0.0315 e. The summed E-state index contributed by atoms with van der Waals surface area (Å²) in [5.74, 6) is 0. The maximum Gasteiger partial charge on any atom is 0.0315 e. The predicted octanol–water partition coefficient (Wildman–Crippen LogP) is 3.49. The molecule has 1 heterocycles. The topological polar surface area (TPSA) is 24.9 Å². The van der Waals surface area contributed by atoms with Gasteiger partial charge in [-0.3, -0.25) is 4.98 Å². The van der Waals surface area contributed by atoms with Gasteiger partial charge in [-0.1, -0.05) is 36.4 Å². The van der Waals surface area contributed by atoms with Crippen LogP contribution in [0.25, 0.3) is 0 Å². The van der Waals surface area contributed by atoms with Gasteiger partial charge in [0.1, 0.15) is 0 Å². The van der Waals surface area contributed by atoms with Crippen LogP contribution in [0.5, 0.6) is 0 Å². The summed E-state index contributed by atoms with van der Waals surface area (Å²) in [6.07, 6.45) is 3.71. The molecule has 2 atom stereocenters. The highest BCUT2D eigenvalue weighted by atomic mass is 14.9. The first-order valence-electron chi connectivity index (χ1n) is 5.98. The van der Waals surface area contributed by atoms with E-state index in [0.29, 0.717) is 12.1 Å². The van der Waals surface area contributed by atoms with Gasteiger partial charge in [-0.15, -0.1) is 0 Å². The van der Waals surface area contributed by atoms with Gasteiger partial charge in [0.15, 0.2) is 0 Å². The lowest BCUT2D eigenvalue weighted by Crippen LogP contribution is -2.22. The van der Waals surface area contributed by atoms with Crippen molar-refractivity contribution in [3.8, 4) is 0 Å². The van der Waals surface area contributed by atoms with Crippen molar-refractivity contribution in [2.24, 2.45) is 0 Å². The zero-order valence-electron chi connectivity index (χ0n) is 10.3. The summed E-state index contributed by atoms with van der Waals surface area (Å²) < 4.78 is 0. The molecule has 2 rings (SSSR count). The second kappa shape index (κ2) is 5.60. The van der Waals surface area contributed by atoms with Gasteiger partial charge in [-0.05, 0) is 31.0 Å². The number of nitrogens with zero attached hydrogens (tertiary/aromatic N) is 1. The fraction of sp³-hybridized carbons (Fsp3) is 0.267. The van der Waals surface area contributed by atoms with Crippen molar-refractivity contribution in [3.63, 3.8) is 0 Å². The fourth-order valence-corrected chi connectivity index (χ4v) is 1.94. The van der Waals surface area contributed by atoms with Crippen molar-refractivity contribution in [3.05, 3.63) is 66.0 Å². The molecule has 1 N–H and O–H groups in total. The summed E-state index contributed by atoms with van der Waals surface area (Å²) >= 11 is 0. The maximum atomic E-state index is 4.15. The Balaban J connectivity index is 2.02. The number of hydrogen-bond acceptors (Lipinski definition) is 2. The molecule has 2 heteroatoms. The first-order chi connectivity index (χ1) is 8.27. The van der Waals surface area contributed by atoms with Gasteiger partial charge in [-0.25, -0.2) is 0 Å². The van der Waals surface area contributed by atoms with Crippen LogP contribution in [-0.4, -0.2) is 4.98 Å². The Morgan fingerprint density at radius 1 is 0.882 bits per heavy atom. The second-order valence-electron chi connectivity index (χ2n) is 4.31. The van der Waals surface area contributed by atoms with Crippen molar-refractivity contribution in [1.82, 2.24) is 10.3 Å². The molecule has 0 bridgehead atoms. The number of rotatable bonds is 4. The monoisotopic (exact) mass is 226 g/mol. The molecule has 0 spiro atoms. The summed E-state index contributed by atoms with van der Waals surface area (Å²) in [7, 11) is 0. The van der Waals surface area contributed by atoms with Crippen molar-refractivity contribution < 1.29 is 0 Å². The van der Waals surface area contributed by atoms with Crippen molar-refractivity contribution in [2.45, 2.75) is 25.9 Å². The quantitative estimate of drug-likeness (QED) is 0.863. The van der Waals surface area contributed by atoms with Crippen LogP contribution in [-0.2, 0) is 0 Å². The van der Waals surface area contributed by atoms with Gasteiger partial charge in [0, 0.05) is 24.5 Å². The van der Waals surface area contributed by atoms with Crippen LogP contribution in [0.3, 0.4) is 0 Å². The molecule has 0 saturated heterocycles. The number of benzene rings is 1. The summed E-state index contributed by atoms with van der Waals surface area (Å²) in [5.41, 5.74) is 2.53. The Morgan fingerprint density at radius 2 is 1.53 bits per heavy atom. The Labute approximate surface area is 103 Å². The van der Waals surface area contributed by atoms with E-state index in [0.717, 1.165) is 0 Å². The van der Waals surface area contributed by atoms with Crippen LogP contribution in [0.2, 0.25) is 0 Å². The van der Waals surface area contributed by atoms with Crippen LogP contribution < -0.4 is 5.32 Å². The summed E-state index contributed by atoms with van der Waals surface area (Å²) in [6.45, 7) is 4.35. The number of aromatic nitrogens is 1. The minimum Gasteiger partial charge on any atom is -0.304 e.